The monoisotopic (exact) mass is 258 g/mol. The van der Waals surface area contributed by atoms with E-state index in [9.17, 15) is 0 Å². The molecule has 0 radical (unpaired) electrons. The number of hydrogen-bond donors (Lipinski definition) is 0. The average molecular weight is 258 g/mol. The molecule has 1 atom stereocenters. The van der Waals surface area contributed by atoms with E-state index in [1.165, 1.54) is 5.56 Å². The Morgan fingerprint density at radius 3 is 2.31 bits per heavy atom. The van der Waals surface area contributed by atoms with Crippen molar-refractivity contribution in [1.29, 1.82) is 0 Å². The third-order valence-electron chi connectivity index (χ3n) is 2.09. The van der Waals surface area contributed by atoms with Gasteiger partial charge in [0.2, 0.25) is 6.49 Å². The summed E-state index contributed by atoms with van der Waals surface area (Å²) in [4.78, 5) is 0. The van der Waals surface area contributed by atoms with Gasteiger partial charge in [0.05, 0.1) is 6.61 Å². The second kappa shape index (κ2) is 6.39. The van der Waals surface area contributed by atoms with Gasteiger partial charge in [-0.05, 0) is 44.2 Å². The highest BCUT2D eigenvalue weighted by atomic mass is 32.5. The zero-order chi connectivity index (χ0) is 12.0. The minimum atomic E-state index is -2.12. The number of benzene rings is 1. The van der Waals surface area contributed by atoms with E-state index in [0.29, 0.717) is 6.61 Å². The van der Waals surface area contributed by atoms with Crippen LogP contribution in [0.2, 0.25) is 0 Å². The van der Waals surface area contributed by atoms with E-state index in [4.69, 9.17) is 20.9 Å². The Hall–Kier alpha value is -0.370. The summed E-state index contributed by atoms with van der Waals surface area (Å²) in [5.41, 5.74) is 1.22. The highest BCUT2D eigenvalue weighted by molar-refractivity contribution is 8.10. The highest BCUT2D eigenvalue weighted by Gasteiger charge is 2.18. The molecule has 0 N–H and O–H groups in total. The summed E-state index contributed by atoms with van der Waals surface area (Å²) in [6.07, 6.45) is 1.81. The first kappa shape index (κ1) is 13.7. The second-order valence-electron chi connectivity index (χ2n) is 3.66. The van der Waals surface area contributed by atoms with Crippen LogP contribution in [0, 0.1) is 6.92 Å². The molecule has 90 valence electrons. The molecule has 0 heterocycles. The van der Waals surface area contributed by atoms with Gasteiger partial charge in [-0.3, -0.25) is 0 Å². The summed E-state index contributed by atoms with van der Waals surface area (Å²) in [5, 5.41) is 0. The highest BCUT2D eigenvalue weighted by Crippen LogP contribution is 2.49. The maximum atomic E-state index is 5.84. The minimum Gasteiger partial charge on any atom is -0.443 e. The van der Waals surface area contributed by atoms with Crippen molar-refractivity contribution in [2.24, 2.45) is 0 Å². The van der Waals surface area contributed by atoms with E-state index in [1.54, 1.807) is 0 Å². The molecule has 0 aliphatic heterocycles. The van der Waals surface area contributed by atoms with Gasteiger partial charge in [-0.15, -0.1) is 0 Å². The van der Waals surface area contributed by atoms with Gasteiger partial charge >= 0.3 is 0 Å². The van der Waals surface area contributed by atoms with Gasteiger partial charge in [0.15, 0.2) is 0 Å². The van der Waals surface area contributed by atoms with Crippen LogP contribution in [-0.2, 0) is 16.3 Å². The van der Waals surface area contributed by atoms with Gasteiger partial charge in [-0.1, -0.05) is 24.6 Å². The van der Waals surface area contributed by atoms with Crippen LogP contribution >= 0.6 is 6.49 Å². The first-order valence-corrected chi connectivity index (χ1v) is 8.42. The van der Waals surface area contributed by atoms with Gasteiger partial charge in [-0.2, -0.15) is 0 Å². The van der Waals surface area contributed by atoms with Crippen molar-refractivity contribution in [2.45, 2.75) is 27.2 Å². The lowest BCUT2D eigenvalue weighted by atomic mass is 10.2. The average Bonchev–Trinajstić information content (AvgIpc) is 2.22. The molecular weight excluding hydrogens is 239 g/mol. The van der Waals surface area contributed by atoms with Crippen molar-refractivity contribution in [3.05, 3.63) is 29.8 Å². The third kappa shape index (κ3) is 4.25. The summed E-state index contributed by atoms with van der Waals surface area (Å²) in [6, 6.07) is 7.94. The fraction of sp³-hybridized carbons (Fsp3) is 0.500. The summed E-state index contributed by atoms with van der Waals surface area (Å²) in [5.74, 6) is 0.816. The molecule has 1 aromatic rings. The molecule has 1 aromatic carbocycles. The van der Waals surface area contributed by atoms with Crippen molar-refractivity contribution in [1.82, 2.24) is 0 Å². The van der Waals surface area contributed by atoms with E-state index in [0.717, 1.165) is 18.3 Å². The molecule has 0 fully saturated rings. The van der Waals surface area contributed by atoms with Gasteiger partial charge in [-0.25, -0.2) is 0 Å². The Kier molecular flexibility index (Phi) is 5.47. The Balaban J connectivity index is 2.75. The Morgan fingerprint density at radius 1 is 1.19 bits per heavy atom. The Bertz CT molecular complexity index is 352. The van der Waals surface area contributed by atoms with Crippen molar-refractivity contribution >= 4 is 18.3 Å². The maximum absolute atomic E-state index is 5.84. The topological polar surface area (TPSA) is 18.5 Å². The number of hydrogen-bond acceptors (Lipinski definition) is 3. The molecule has 16 heavy (non-hydrogen) atoms. The Morgan fingerprint density at radius 2 is 1.81 bits per heavy atom. The normalized spacial score (nSPS) is 14.4. The van der Waals surface area contributed by atoms with Crippen molar-refractivity contribution in [3.8, 4) is 5.75 Å². The van der Waals surface area contributed by atoms with E-state index in [-0.39, 0.29) is 0 Å². The van der Waals surface area contributed by atoms with Gasteiger partial charge < -0.3 is 9.05 Å². The SMILES string of the molecule is CCCP(=S)(OCC)Oc1ccc(C)cc1. The molecule has 0 saturated heterocycles. The quantitative estimate of drug-likeness (QED) is 0.715. The third-order valence-corrected chi connectivity index (χ3v) is 5.31. The van der Waals surface area contributed by atoms with Crippen LogP contribution in [-0.4, -0.2) is 12.8 Å². The summed E-state index contributed by atoms with van der Waals surface area (Å²) >= 11 is 5.48. The molecule has 0 amide bonds. The number of aryl methyl sites for hydroxylation is 1. The molecule has 2 nitrogen and oxygen atoms in total. The zero-order valence-corrected chi connectivity index (χ0v) is 11.8. The van der Waals surface area contributed by atoms with E-state index in [1.807, 2.05) is 31.2 Å². The molecule has 1 rings (SSSR count). The minimum absolute atomic E-state index is 0.614. The van der Waals surface area contributed by atoms with Gasteiger partial charge in [0.1, 0.15) is 5.75 Å². The lowest BCUT2D eigenvalue weighted by Crippen LogP contribution is -2.01. The molecule has 0 saturated carbocycles. The van der Waals surface area contributed by atoms with Crippen molar-refractivity contribution < 1.29 is 9.05 Å². The zero-order valence-electron chi connectivity index (χ0n) is 10.1. The molecule has 0 aliphatic rings. The smallest absolute Gasteiger partial charge is 0.238 e. The molecule has 0 aromatic heterocycles. The lowest BCUT2D eigenvalue weighted by Gasteiger charge is -2.22. The van der Waals surface area contributed by atoms with Gasteiger partial charge in [0.25, 0.3) is 0 Å². The maximum Gasteiger partial charge on any atom is 0.238 e. The number of rotatable bonds is 6. The van der Waals surface area contributed by atoms with Crippen LogP contribution in [0.15, 0.2) is 24.3 Å². The van der Waals surface area contributed by atoms with Gasteiger partial charge in [0, 0.05) is 6.16 Å². The van der Waals surface area contributed by atoms with E-state index >= 15 is 0 Å². The molecule has 0 spiro atoms. The summed E-state index contributed by atoms with van der Waals surface area (Å²) < 4.78 is 11.4. The summed E-state index contributed by atoms with van der Waals surface area (Å²) in [7, 11) is 0. The molecule has 0 bridgehead atoms. The molecule has 1 unspecified atom stereocenters. The standard InChI is InChI=1S/C12H19O2PS/c1-4-10-15(16,13-5-2)14-12-8-6-11(3)7-9-12/h6-9H,4-5,10H2,1-3H3. The fourth-order valence-corrected chi connectivity index (χ4v) is 4.15. The predicted molar refractivity (Wildman–Crippen MR) is 72.9 cm³/mol. The molecule has 0 aliphatic carbocycles. The van der Waals surface area contributed by atoms with Crippen LogP contribution in [0.3, 0.4) is 0 Å². The molecular formula is C12H19O2PS. The predicted octanol–water partition coefficient (Wildman–Crippen LogP) is 4.13. The first-order valence-electron chi connectivity index (χ1n) is 5.59. The lowest BCUT2D eigenvalue weighted by molar-refractivity contribution is 0.331. The molecule has 4 heteroatoms. The van der Waals surface area contributed by atoms with Crippen molar-refractivity contribution in [3.63, 3.8) is 0 Å². The largest absolute Gasteiger partial charge is 0.443 e. The van der Waals surface area contributed by atoms with Crippen LogP contribution in [0.5, 0.6) is 5.75 Å². The van der Waals surface area contributed by atoms with E-state index < -0.39 is 6.49 Å². The van der Waals surface area contributed by atoms with Crippen LogP contribution in [0.4, 0.5) is 0 Å². The van der Waals surface area contributed by atoms with Crippen LogP contribution in [0.25, 0.3) is 0 Å². The Labute approximate surface area is 103 Å². The fourth-order valence-electron chi connectivity index (χ4n) is 1.37. The second-order valence-corrected chi connectivity index (χ2v) is 7.44. The first-order chi connectivity index (χ1) is 7.59. The van der Waals surface area contributed by atoms with E-state index in [2.05, 4.69) is 13.8 Å². The van der Waals surface area contributed by atoms with Crippen LogP contribution in [0.1, 0.15) is 25.8 Å². The van der Waals surface area contributed by atoms with Crippen molar-refractivity contribution in [2.75, 3.05) is 12.8 Å². The summed E-state index contributed by atoms with van der Waals surface area (Å²) in [6.45, 7) is 4.59. The van der Waals surface area contributed by atoms with Crippen LogP contribution < -0.4 is 4.52 Å².